The lowest BCUT2D eigenvalue weighted by atomic mass is 10.2. The van der Waals surface area contributed by atoms with E-state index in [1.807, 2.05) is 12.1 Å². The van der Waals surface area contributed by atoms with Crippen LogP contribution >= 0.6 is 27.3 Å². The molecule has 5 heteroatoms. The Balaban J connectivity index is 1.68. The van der Waals surface area contributed by atoms with Gasteiger partial charge in [-0.3, -0.25) is 0 Å². The molecule has 0 aliphatic rings. The molecule has 0 saturated heterocycles. The van der Waals surface area contributed by atoms with Gasteiger partial charge in [0.1, 0.15) is 5.75 Å². The first-order valence-electron chi connectivity index (χ1n) is 6.72. The van der Waals surface area contributed by atoms with E-state index in [4.69, 9.17) is 10.00 Å². The maximum absolute atomic E-state index is 8.83. The summed E-state index contributed by atoms with van der Waals surface area (Å²) in [4.78, 5) is 2.28. The minimum Gasteiger partial charge on any atom is -0.494 e. The predicted octanol–water partition coefficient (Wildman–Crippen LogP) is 4.28. The van der Waals surface area contributed by atoms with Gasteiger partial charge >= 0.3 is 0 Å². The minimum atomic E-state index is 0.632. The molecule has 0 amide bonds. The molecule has 110 valence electrons. The molecule has 0 bridgehead atoms. The van der Waals surface area contributed by atoms with Crippen LogP contribution in [0.1, 0.15) is 17.5 Å². The molecule has 2 rings (SSSR count). The zero-order valence-electron chi connectivity index (χ0n) is 11.9. The van der Waals surface area contributed by atoms with Gasteiger partial charge in [-0.25, -0.2) is 0 Å². The molecular weight excluding hydrogens is 348 g/mol. The van der Waals surface area contributed by atoms with Crippen LogP contribution in [-0.4, -0.2) is 25.1 Å². The zero-order chi connectivity index (χ0) is 15.1. The van der Waals surface area contributed by atoms with Crippen LogP contribution in [0.5, 0.6) is 5.75 Å². The second-order valence-electron chi connectivity index (χ2n) is 4.84. The normalized spacial score (nSPS) is 10.6. The van der Waals surface area contributed by atoms with Gasteiger partial charge in [0.15, 0.2) is 0 Å². The topological polar surface area (TPSA) is 36.3 Å². The van der Waals surface area contributed by atoms with Crippen molar-refractivity contribution in [2.24, 2.45) is 0 Å². The number of ether oxygens (including phenoxy) is 1. The fourth-order valence-corrected chi connectivity index (χ4v) is 3.20. The largest absolute Gasteiger partial charge is 0.494 e. The predicted molar refractivity (Wildman–Crippen MR) is 89.6 cm³/mol. The number of benzene rings is 1. The number of halogens is 1. The molecule has 0 N–H and O–H groups in total. The van der Waals surface area contributed by atoms with Gasteiger partial charge in [0.05, 0.1) is 22.0 Å². The first kappa shape index (κ1) is 16.0. The van der Waals surface area contributed by atoms with Gasteiger partial charge in [0, 0.05) is 13.1 Å². The average Bonchev–Trinajstić information content (AvgIpc) is 2.89. The Bertz CT molecular complexity index is 621. The summed E-state index contributed by atoms with van der Waals surface area (Å²) >= 11 is 5.20. The lowest BCUT2D eigenvalue weighted by Crippen LogP contribution is -2.20. The first-order chi connectivity index (χ1) is 10.2. The molecule has 0 unspecified atom stereocenters. The maximum Gasteiger partial charge on any atom is 0.120 e. The van der Waals surface area contributed by atoms with Crippen molar-refractivity contribution >= 4 is 27.3 Å². The van der Waals surface area contributed by atoms with Crippen molar-refractivity contribution in [1.29, 1.82) is 5.26 Å². The van der Waals surface area contributed by atoms with Crippen LogP contribution in [0, 0.1) is 11.3 Å². The molecule has 1 aromatic carbocycles. The minimum absolute atomic E-state index is 0.632. The average molecular weight is 365 g/mol. The van der Waals surface area contributed by atoms with Crippen molar-refractivity contribution in [3.05, 3.63) is 50.6 Å². The third kappa shape index (κ3) is 5.50. The molecule has 1 aromatic heterocycles. The summed E-state index contributed by atoms with van der Waals surface area (Å²) in [6.45, 7) is 2.59. The Morgan fingerprint density at radius 1 is 1.38 bits per heavy atom. The molecule has 0 radical (unpaired) electrons. The lowest BCUT2D eigenvalue weighted by Gasteiger charge is -2.15. The van der Waals surface area contributed by atoms with Gasteiger partial charge in [-0.1, -0.05) is 6.07 Å². The summed E-state index contributed by atoms with van der Waals surface area (Å²) in [5, 5.41) is 11.0. The molecule has 0 fully saturated rings. The number of thiophene rings is 1. The lowest BCUT2D eigenvalue weighted by molar-refractivity contribution is 0.259. The maximum atomic E-state index is 8.83. The van der Waals surface area contributed by atoms with Crippen molar-refractivity contribution in [2.45, 2.75) is 13.0 Å². The quantitative estimate of drug-likeness (QED) is 0.687. The van der Waals surface area contributed by atoms with Gasteiger partial charge < -0.3 is 9.64 Å². The molecule has 0 spiro atoms. The van der Waals surface area contributed by atoms with Crippen LogP contribution in [0.25, 0.3) is 0 Å². The van der Waals surface area contributed by atoms with Gasteiger partial charge in [-0.2, -0.15) is 5.26 Å². The highest BCUT2D eigenvalue weighted by Crippen LogP contribution is 2.21. The first-order valence-corrected chi connectivity index (χ1v) is 8.39. The summed E-state index contributed by atoms with van der Waals surface area (Å²) in [7, 11) is 2.11. The highest BCUT2D eigenvalue weighted by atomic mass is 79.9. The molecule has 1 heterocycles. The Morgan fingerprint density at radius 3 is 2.95 bits per heavy atom. The Kier molecular flexibility index (Phi) is 6.24. The summed E-state index contributed by atoms with van der Waals surface area (Å²) < 4.78 is 6.84. The number of hydrogen-bond donors (Lipinski definition) is 0. The van der Waals surface area contributed by atoms with E-state index in [2.05, 4.69) is 45.4 Å². The smallest absolute Gasteiger partial charge is 0.120 e. The molecule has 2 aromatic rings. The van der Waals surface area contributed by atoms with E-state index in [9.17, 15) is 0 Å². The molecular formula is C16H17BrN2OS. The molecule has 21 heavy (non-hydrogen) atoms. The van der Waals surface area contributed by atoms with E-state index in [0.717, 1.165) is 25.3 Å². The van der Waals surface area contributed by atoms with Gasteiger partial charge in [-0.05, 0) is 64.6 Å². The van der Waals surface area contributed by atoms with Crippen LogP contribution in [0.15, 0.2) is 39.5 Å². The van der Waals surface area contributed by atoms with Gasteiger partial charge in [0.2, 0.25) is 0 Å². The van der Waals surface area contributed by atoms with Crippen molar-refractivity contribution in [1.82, 2.24) is 4.90 Å². The van der Waals surface area contributed by atoms with E-state index in [1.54, 1.807) is 23.5 Å². The van der Waals surface area contributed by atoms with Crippen molar-refractivity contribution in [3.63, 3.8) is 0 Å². The second-order valence-corrected chi connectivity index (χ2v) is 7.13. The number of hydrogen-bond acceptors (Lipinski definition) is 4. The second kappa shape index (κ2) is 8.18. The Morgan fingerprint density at radius 2 is 2.24 bits per heavy atom. The number of rotatable bonds is 7. The van der Waals surface area contributed by atoms with Crippen LogP contribution in [0.2, 0.25) is 0 Å². The van der Waals surface area contributed by atoms with E-state index in [1.165, 1.54) is 9.35 Å². The molecule has 0 saturated carbocycles. The molecule has 0 aliphatic carbocycles. The monoisotopic (exact) mass is 364 g/mol. The van der Waals surface area contributed by atoms with Crippen molar-refractivity contribution < 1.29 is 4.74 Å². The zero-order valence-corrected chi connectivity index (χ0v) is 14.3. The van der Waals surface area contributed by atoms with Crippen LogP contribution in [0.3, 0.4) is 0 Å². The summed E-state index contributed by atoms with van der Waals surface area (Å²) in [5.74, 6) is 0.762. The Labute approximate surface area is 137 Å². The number of nitrogens with zero attached hydrogens (tertiary/aromatic N) is 2. The van der Waals surface area contributed by atoms with Crippen LogP contribution < -0.4 is 4.74 Å². The van der Waals surface area contributed by atoms with Crippen molar-refractivity contribution in [2.75, 3.05) is 20.2 Å². The van der Waals surface area contributed by atoms with E-state index in [0.29, 0.717) is 12.2 Å². The van der Waals surface area contributed by atoms with Crippen LogP contribution in [-0.2, 0) is 6.54 Å². The highest BCUT2D eigenvalue weighted by molar-refractivity contribution is 9.11. The summed E-state index contributed by atoms with van der Waals surface area (Å²) in [5.41, 5.74) is 1.96. The van der Waals surface area contributed by atoms with Crippen LogP contribution in [0.4, 0.5) is 0 Å². The molecule has 0 atom stereocenters. The van der Waals surface area contributed by atoms with E-state index in [-0.39, 0.29) is 0 Å². The molecule has 3 nitrogen and oxygen atoms in total. The fraction of sp³-hybridized carbons (Fsp3) is 0.312. The highest BCUT2D eigenvalue weighted by Gasteiger charge is 2.03. The van der Waals surface area contributed by atoms with Gasteiger partial charge in [-0.15, -0.1) is 11.3 Å². The summed E-state index contributed by atoms with van der Waals surface area (Å²) in [6.07, 6.45) is 0.957. The fourth-order valence-electron chi connectivity index (χ4n) is 2.00. The SMILES string of the molecule is CN(CCCOc1cccc(C#N)c1)Cc1csc(Br)c1. The standard InChI is InChI=1S/C16H17BrN2OS/c1-19(11-14-9-16(17)21-12-14)6-3-7-20-15-5-2-4-13(8-15)10-18/h2,4-5,8-9,12H,3,6-7,11H2,1H3. The van der Waals surface area contributed by atoms with Crippen molar-refractivity contribution in [3.8, 4) is 11.8 Å². The van der Waals surface area contributed by atoms with E-state index < -0.39 is 0 Å². The van der Waals surface area contributed by atoms with Gasteiger partial charge in [0.25, 0.3) is 0 Å². The van der Waals surface area contributed by atoms with E-state index >= 15 is 0 Å². The third-order valence-electron chi connectivity index (χ3n) is 2.99. The third-order valence-corrected chi connectivity index (χ3v) is 4.54. The Hall–Kier alpha value is -1.35. The number of nitriles is 1. The summed E-state index contributed by atoms with van der Waals surface area (Å²) in [6, 6.07) is 11.5. The molecule has 0 aliphatic heterocycles.